The van der Waals surface area contributed by atoms with Gasteiger partial charge in [-0.05, 0) is 50.1 Å². The molecule has 7 heteroatoms. The van der Waals surface area contributed by atoms with Crippen molar-refractivity contribution in [1.29, 1.82) is 5.26 Å². The van der Waals surface area contributed by atoms with Crippen molar-refractivity contribution in [3.63, 3.8) is 0 Å². The summed E-state index contributed by atoms with van der Waals surface area (Å²) in [6.45, 7) is 5.64. The number of rotatable bonds is 3. The summed E-state index contributed by atoms with van der Waals surface area (Å²) in [5, 5.41) is 13.3. The maximum absolute atomic E-state index is 12.4. The van der Waals surface area contributed by atoms with Crippen molar-refractivity contribution in [1.82, 2.24) is 19.7 Å². The van der Waals surface area contributed by atoms with Crippen molar-refractivity contribution in [2.24, 2.45) is 0 Å². The van der Waals surface area contributed by atoms with Gasteiger partial charge >= 0.3 is 5.24 Å². The Hall–Kier alpha value is -2.98. The van der Waals surface area contributed by atoms with Crippen molar-refractivity contribution in [3.05, 3.63) is 65.0 Å². The first-order valence-corrected chi connectivity index (χ1v) is 8.99. The Labute approximate surface area is 155 Å². The molecule has 0 unspecified atom stereocenters. The molecular weight excluding hydrogens is 346 g/mol. The van der Waals surface area contributed by atoms with Crippen molar-refractivity contribution in [2.45, 2.75) is 26.5 Å². The Kier molecular flexibility index (Phi) is 5.14. The lowest BCUT2D eigenvalue weighted by molar-refractivity contribution is 0.259. The molecule has 0 atom stereocenters. The van der Waals surface area contributed by atoms with E-state index in [9.17, 15) is 10.1 Å². The Morgan fingerprint density at radius 1 is 1.31 bits per heavy atom. The van der Waals surface area contributed by atoms with Gasteiger partial charge in [0.1, 0.15) is 11.8 Å². The zero-order chi connectivity index (χ0) is 18.7. The van der Waals surface area contributed by atoms with Gasteiger partial charge in [-0.3, -0.25) is 9.78 Å². The maximum Gasteiger partial charge on any atom is 0.306 e. The molecule has 3 rings (SSSR count). The van der Waals surface area contributed by atoms with E-state index in [0.717, 1.165) is 39.8 Å². The molecule has 0 bridgehead atoms. The molecule has 0 amide bonds. The number of carbonyl (C=O) groups is 1. The number of pyridine rings is 2. The largest absolute Gasteiger partial charge is 0.306 e. The molecule has 3 aromatic heterocycles. The molecule has 0 spiro atoms. The zero-order valence-electron chi connectivity index (χ0n) is 14.7. The Morgan fingerprint density at radius 2 is 2.12 bits per heavy atom. The first kappa shape index (κ1) is 17.8. The number of aromatic nitrogens is 4. The average molecular weight is 363 g/mol. The van der Waals surface area contributed by atoms with E-state index in [0.29, 0.717) is 17.1 Å². The molecule has 0 aliphatic rings. The standard InChI is InChI=1S/C19H17N5OS/c1-12-7-13(2)24(23-12)19(25)26-11-18-14(3)17(8-16(9-20)22-18)15-5-4-6-21-10-15/h4-8,10H,11H2,1-3H3. The predicted octanol–water partition coefficient (Wildman–Crippen LogP) is 4.04. The zero-order valence-corrected chi connectivity index (χ0v) is 15.5. The molecule has 6 nitrogen and oxygen atoms in total. The van der Waals surface area contributed by atoms with Crippen LogP contribution < -0.4 is 0 Å². The smallest absolute Gasteiger partial charge is 0.264 e. The number of carbonyl (C=O) groups excluding carboxylic acids is 1. The van der Waals surface area contributed by atoms with E-state index < -0.39 is 0 Å². The van der Waals surface area contributed by atoms with Crippen molar-refractivity contribution in [2.75, 3.05) is 0 Å². The van der Waals surface area contributed by atoms with Gasteiger partial charge in [0, 0.05) is 29.4 Å². The van der Waals surface area contributed by atoms with Gasteiger partial charge in [0.2, 0.25) is 0 Å². The monoisotopic (exact) mass is 363 g/mol. The molecule has 0 aliphatic carbocycles. The van der Waals surface area contributed by atoms with Gasteiger partial charge in [-0.1, -0.05) is 17.8 Å². The third kappa shape index (κ3) is 3.65. The molecule has 130 valence electrons. The highest BCUT2D eigenvalue weighted by Gasteiger charge is 2.15. The van der Waals surface area contributed by atoms with Crippen molar-refractivity contribution < 1.29 is 4.79 Å². The van der Waals surface area contributed by atoms with Crippen LogP contribution in [-0.4, -0.2) is 25.0 Å². The van der Waals surface area contributed by atoms with Gasteiger partial charge in [0.05, 0.1) is 11.4 Å². The SMILES string of the molecule is Cc1cc(C)n(C(=O)SCc2nc(C#N)cc(-c3cccnc3)c2C)n1. The number of nitrogens with zero attached hydrogens (tertiary/aromatic N) is 5. The maximum atomic E-state index is 12.4. The third-order valence-electron chi connectivity index (χ3n) is 3.98. The van der Waals surface area contributed by atoms with E-state index in [1.54, 1.807) is 18.5 Å². The fourth-order valence-corrected chi connectivity index (χ4v) is 3.53. The van der Waals surface area contributed by atoms with Crippen LogP contribution in [-0.2, 0) is 5.75 Å². The van der Waals surface area contributed by atoms with E-state index in [4.69, 9.17) is 0 Å². The third-order valence-corrected chi connectivity index (χ3v) is 4.81. The average Bonchev–Trinajstić information content (AvgIpc) is 2.99. The number of thioether (sulfide) groups is 1. The summed E-state index contributed by atoms with van der Waals surface area (Å²) in [4.78, 5) is 21.0. The Balaban J connectivity index is 1.89. The summed E-state index contributed by atoms with van der Waals surface area (Å²) in [6, 6.07) is 9.49. The molecule has 3 aromatic rings. The van der Waals surface area contributed by atoms with E-state index in [1.807, 2.05) is 39.0 Å². The highest BCUT2D eigenvalue weighted by molar-refractivity contribution is 8.12. The molecule has 0 aromatic carbocycles. The van der Waals surface area contributed by atoms with Crippen LogP contribution in [0, 0.1) is 32.1 Å². The van der Waals surface area contributed by atoms with E-state index in [1.165, 1.54) is 4.68 Å². The summed E-state index contributed by atoms with van der Waals surface area (Å²) in [5.41, 5.74) is 5.39. The first-order valence-electron chi connectivity index (χ1n) is 8.01. The van der Waals surface area contributed by atoms with E-state index in [2.05, 4.69) is 21.1 Å². The second-order valence-corrected chi connectivity index (χ2v) is 6.80. The van der Waals surface area contributed by atoms with Gasteiger partial charge in [-0.2, -0.15) is 15.0 Å². The normalized spacial score (nSPS) is 10.5. The van der Waals surface area contributed by atoms with Crippen LogP contribution >= 0.6 is 11.8 Å². The highest BCUT2D eigenvalue weighted by Crippen LogP contribution is 2.27. The van der Waals surface area contributed by atoms with Crippen molar-refractivity contribution >= 4 is 17.0 Å². The lowest BCUT2D eigenvalue weighted by Gasteiger charge is -2.11. The molecule has 26 heavy (non-hydrogen) atoms. The van der Waals surface area contributed by atoms with Gasteiger partial charge < -0.3 is 0 Å². The molecule has 0 radical (unpaired) electrons. The van der Waals surface area contributed by atoms with Gasteiger partial charge in [-0.15, -0.1) is 0 Å². The van der Waals surface area contributed by atoms with Crippen LogP contribution in [0.4, 0.5) is 4.79 Å². The van der Waals surface area contributed by atoms with Gasteiger partial charge in [0.15, 0.2) is 0 Å². The Bertz CT molecular complexity index is 1000. The van der Waals surface area contributed by atoms with Crippen LogP contribution in [0.5, 0.6) is 0 Å². The molecule has 0 saturated heterocycles. The van der Waals surface area contributed by atoms with Crippen LogP contribution in [0.1, 0.15) is 28.3 Å². The minimum atomic E-state index is -0.165. The summed E-state index contributed by atoms with van der Waals surface area (Å²) in [7, 11) is 0. The first-order chi connectivity index (χ1) is 12.5. The topological polar surface area (TPSA) is 84.5 Å². The molecule has 3 heterocycles. The second-order valence-electron chi connectivity index (χ2n) is 5.87. The molecular formula is C19H17N5OS. The number of nitriles is 1. The molecule has 0 fully saturated rings. The second kappa shape index (κ2) is 7.50. The quantitative estimate of drug-likeness (QED) is 0.698. The van der Waals surface area contributed by atoms with Gasteiger partial charge in [0.25, 0.3) is 0 Å². The van der Waals surface area contributed by atoms with E-state index in [-0.39, 0.29) is 5.24 Å². The number of hydrogen-bond acceptors (Lipinski definition) is 6. The summed E-state index contributed by atoms with van der Waals surface area (Å²) in [5.74, 6) is 0.367. The van der Waals surface area contributed by atoms with E-state index >= 15 is 0 Å². The fraction of sp³-hybridized carbons (Fsp3) is 0.211. The Morgan fingerprint density at radius 3 is 2.73 bits per heavy atom. The summed E-state index contributed by atoms with van der Waals surface area (Å²) in [6.07, 6.45) is 3.45. The van der Waals surface area contributed by atoms with Crippen LogP contribution in [0.3, 0.4) is 0 Å². The summed E-state index contributed by atoms with van der Waals surface area (Å²) < 4.78 is 1.39. The lowest BCUT2D eigenvalue weighted by atomic mass is 10.0. The lowest BCUT2D eigenvalue weighted by Crippen LogP contribution is -2.10. The van der Waals surface area contributed by atoms with Crippen LogP contribution in [0.15, 0.2) is 36.7 Å². The molecule has 0 aliphatic heterocycles. The predicted molar refractivity (Wildman–Crippen MR) is 101 cm³/mol. The number of aryl methyl sites for hydroxylation is 2. The minimum absolute atomic E-state index is 0.165. The fourth-order valence-electron chi connectivity index (χ4n) is 2.69. The van der Waals surface area contributed by atoms with Crippen LogP contribution in [0.2, 0.25) is 0 Å². The minimum Gasteiger partial charge on any atom is -0.264 e. The highest BCUT2D eigenvalue weighted by atomic mass is 32.2. The van der Waals surface area contributed by atoms with Crippen molar-refractivity contribution in [3.8, 4) is 17.2 Å². The van der Waals surface area contributed by atoms with Gasteiger partial charge in [-0.25, -0.2) is 4.98 Å². The van der Waals surface area contributed by atoms with Crippen LogP contribution in [0.25, 0.3) is 11.1 Å². The summed E-state index contributed by atoms with van der Waals surface area (Å²) >= 11 is 1.12. The molecule has 0 N–H and O–H groups in total. The number of hydrogen-bond donors (Lipinski definition) is 0. The molecule has 0 saturated carbocycles.